The van der Waals surface area contributed by atoms with Gasteiger partial charge in [-0.2, -0.15) is 0 Å². The number of hydrogen-bond donors (Lipinski definition) is 1. The van der Waals surface area contributed by atoms with Gasteiger partial charge in [0.1, 0.15) is 5.15 Å². The van der Waals surface area contributed by atoms with Crippen molar-refractivity contribution in [2.24, 2.45) is 5.14 Å². The lowest BCUT2D eigenvalue weighted by molar-refractivity contribution is 0.398. The van der Waals surface area contributed by atoms with Gasteiger partial charge in [0, 0.05) is 27.4 Å². The van der Waals surface area contributed by atoms with E-state index < -0.39 is 9.71 Å². The molecule has 1 unspecified atom stereocenters. The van der Waals surface area contributed by atoms with Crippen LogP contribution in [-0.4, -0.2) is 27.9 Å². The SMILES string of the molecule is COc1cc(C=S(C)(N)=O)cc(Cl)n1. The van der Waals surface area contributed by atoms with Gasteiger partial charge in [0.25, 0.3) is 0 Å². The molecule has 2 N–H and O–H groups in total. The maximum Gasteiger partial charge on any atom is 0.214 e. The Labute approximate surface area is 88.2 Å². The van der Waals surface area contributed by atoms with Crippen molar-refractivity contribution in [2.45, 2.75) is 0 Å². The zero-order valence-electron chi connectivity index (χ0n) is 7.86. The second-order valence-corrected chi connectivity index (χ2v) is 5.41. The summed E-state index contributed by atoms with van der Waals surface area (Å²) in [5, 5.41) is 7.09. The predicted octanol–water partition coefficient (Wildman–Crippen LogP) is 0.682. The minimum Gasteiger partial charge on any atom is -0.481 e. The van der Waals surface area contributed by atoms with Crippen LogP contribution in [0.4, 0.5) is 0 Å². The Bertz CT molecular complexity index is 445. The molecule has 14 heavy (non-hydrogen) atoms. The van der Waals surface area contributed by atoms with Crippen molar-refractivity contribution in [3.05, 3.63) is 22.8 Å². The third-order valence-electron chi connectivity index (χ3n) is 1.37. The maximum absolute atomic E-state index is 11.3. The highest BCUT2D eigenvalue weighted by Crippen LogP contribution is 2.14. The van der Waals surface area contributed by atoms with E-state index in [1.54, 1.807) is 12.1 Å². The highest BCUT2D eigenvalue weighted by atomic mass is 35.5. The highest BCUT2D eigenvalue weighted by molar-refractivity contribution is 7.98. The number of hydrogen-bond acceptors (Lipinski definition) is 3. The maximum atomic E-state index is 11.3. The van der Waals surface area contributed by atoms with Crippen molar-refractivity contribution >= 4 is 26.7 Å². The Hall–Kier alpha value is -0.780. The molecule has 0 aliphatic heterocycles. The molecule has 0 spiro atoms. The molecule has 0 fully saturated rings. The van der Waals surface area contributed by atoms with Crippen molar-refractivity contribution in [3.8, 4) is 5.88 Å². The van der Waals surface area contributed by atoms with Crippen molar-refractivity contribution in [2.75, 3.05) is 13.4 Å². The Morgan fingerprint density at radius 1 is 1.64 bits per heavy atom. The van der Waals surface area contributed by atoms with Gasteiger partial charge in [0.15, 0.2) is 0 Å². The summed E-state index contributed by atoms with van der Waals surface area (Å²) in [5.41, 5.74) is 0.636. The fraction of sp³-hybridized carbons (Fsp3) is 0.250. The average molecular weight is 235 g/mol. The van der Waals surface area contributed by atoms with Crippen LogP contribution in [0.2, 0.25) is 5.15 Å². The van der Waals surface area contributed by atoms with E-state index in [2.05, 4.69) is 4.98 Å². The summed E-state index contributed by atoms with van der Waals surface area (Å²) in [6.45, 7) is 0. The molecule has 0 amide bonds. The lowest BCUT2D eigenvalue weighted by Crippen LogP contribution is -2.13. The number of halogens is 1. The van der Waals surface area contributed by atoms with Crippen LogP contribution in [0, 0.1) is 0 Å². The van der Waals surface area contributed by atoms with Gasteiger partial charge in [-0.15, -0.1) is 0 Å². The highest BCUT2D eigenvalue weighted by Gasteiger charge is 2.00. The molecule has 0 radical (unpaired) electrons. The normalized spacial score (nSPS) is 14.6. The van der Waals surface area contributed by atoms with E-state index in [1.165, 1.54) is 18.7 Å². The minimum atomic E-state index is -2.44. The van der Waals surface area contributed by atoms with Crippen molar-refractivity contribution < 1.29 is 8.95 Å². The summed E-state index contributed by atoms with van der Waals surface area (Å²) in [5.74, 6) is 0.368. The summed E-state index contributed by atoms with van der Waals surface area (Å²) >= 11 is 5.71. The van der Waals surface area contributed by atoms with Gasteiger partial charge in [0.2, 0.25) is 5.88 Å². The van der Waals surface area contributed by atoms with Crippen LogP contribution in [0.1, 0.15) is 5.56 Å². The summed E-state index contributed by atoms with van der Waals surface area (Å²) in [7, 11) is -0.956. The largest absolute Gasteiger partial charge is 0.481 e. The van der Waals surface area contributed by atoms with E-state index in [1.807, 2.05) is 0 Å². The van der Waals surface area contributed by atoms with Crippen molar-refractivity contribution in [1.82, 2.24) is 4.98 Å². The molecule has 78 valence electrons. The summed E-state index contributed by atoms with van der Waals surface area (Å²) in [6, 6.07) is 3.18. The van der Waals surface area contributed by atoms with Gasteiger partial charge in [-0.05, 0) is 11.6 Å². The molecule has 6 heteroatoms. The number of nitrogens with zero attached hydrogens (tertiary/aromatic N) is 1. The molecular formula is C8H11ClN2O2S. The quantitative estimate of drug-likeness (QED) is 0.605. The first-order chi connectivity index (χ1) is 6.40. The molecule has 0 saturated carbocycles. The molecule has 0 bridgehead atoms. The zero-order valence-corrected chi connectivity index (χ0v) is 9.43. The molecule has 4 nitrogen and oxygen atoms in total. The first-order valence-electron chi connectivity index (χ1n) is 3.74. The Morgan fingerprint density at radius 3 is 2.79 bits per heavy atom. The predicted molar refractivity (Wildman–Crippen MR) is 59.2 cm³/mol. The molecule has 0 aromatic carbocycles. The Kier molecular flexibility index (Phi) is 3.36. The van der Waals surface area contributed by atoms with Crippen LogP contribution < -0.4 is 9.88 Å². The fourth-order valence-corrected chi connectivity index (χ4v) is 1.82. The second kappa shape index (κ2) is 4.16. The lowest BCUT2D eigenvalue weighted by atomic mass is 10.3. The standard InChI is InChI=1S/C8H11ClN2O2S/c1-13-8-4-6(3-7(9)11-8)5-14(2,10)12/h3-5H,1-2H3,(H2,10,12). The zero-order chi connectivity index (χ0) is 10.8. The van der Waals surface area contributed by atoms with Crippen LogP contribution in [0.3, 0.4) is 0 Å². The summed E-state index contributed by atoms with van der Waals surface area (Å²) in [4.78, 5) is 3.87. The number of methoxy groups -OCH3 is 1. The van der Waals surface area contributed by atoms with Gasteiger partial charge >= 0.3 is 0 Å². The van der Waals surface area contributed by atoms with Crippen LogP contribution >= 0.6 is 11.6 Å². The first kappa shape index (κ1) is 11.3. The number of ether oxygens (including phenoxy) is 1. The van der Waals surface area contributed by atoms with E-state index in [-0.39, 0.29) is 5.15 Å². The molecule has 1 aromatic heterocycles. The Morgan fingerprint density at radius 2 is 2.29 bits per heavy atom. The fourth-order valence-electron chi connectivity index (χ4n) is 0.934. The second-order valence-electron chi connectivity index (χ2n) is 2.85. The molecule has 0 aliphatic carbocycles. The van der Waals surface area contributed by atoms with Crippen LogP contribution in [-0.2, 0) is 9.71 Å². The van der Waals surface area contributed by atoms with Crippen LogP contribution in [0.15, 0.2) is 12.1 Å². The lowest BCUT2D eigenvalue weighted by Gasteiger charge is -2.02. The number of nitrogens with two attached hydrogens (primary N) is 1. The molecule has 1 rings (SSSR count). The van der Waals surface area contributed by atoms with Crippen molar-refractivity contribution in [1.29, 1.82) is 0 Å². The molecule has 0 aliphatic rings. The number of rotatable bonds is 2. The molecule has 1 aromatic rings. The van der Waals surface area contributed by atoms with E-state index in [4.69, 9.17) is 21.5 Å². The van der Waals surface area contributed by atoms with Gasteiger partial charge in [-0.1, -0.05) is 11.6 Å². The van der Waals surface area contributed by atoms with Crippen molar-refractivity contribution in [3.63, 3.8) is 0 Å². The van der Waals surface area contributed by atoms with Crippen LogP contribution in [0.25, 0.3) is 0 Å². The minimum absolute atomic E-state index is 0.277. The van der Waals surface area contributed by atoms with E-state index in [0.29, 0.717) is 11.4 Å². The van der Waals surface area contributed by atoms with Gasteiger partial charge in [-0.25, -0.2) is 4.98 Å². The summed E-state index contributed by atoms with van der Waals surface area (Å²) < 4.78 is 16.2. The van der Waals surface area contributed by atoms with E-state index >= 15 is 0 Å². The molecule has 0 saturated heterocycles. The average Bonchev–Trinajstić information content (AvgIpc) is 1.99. The van der Waals surface area contributed by atoms with Gasteiger partial charge in [0.05, 0.1) is 7.11 Å². The smallest absolute Gasteiger partial charge is 0.214 e. The van der Waals surface area contributed by atoms with E-state index in [0.717, 1.165) is 0 Å². The monoisotopic (exact) mass is 234 g/mol. The summed E-state index contributed by atoms with van der Waals surface area (Å²) in [6.07, 6.45) is 1.44. The van der Waals surface area contributed by atoms with Crippen LogP contribution in [0.5, 0.6) is 5.88 Å². The first-order valence-corrected chi connectivity index (χ1v) is 6.21. The molecule has 1 atom stereocenters. The number of pyridine rings is 1. The van der Waals surface area contributed by atoms with E-state index in [9.17, 15) is 4.21 Å². The Balaban J connectivity index is 3.24. The van der Waals surface area contributed by atoms with Gasteiger partial charge < -0.3 is 4.74 Å². The number of aromatic nitrogens is 1. The van der Waals surface area contributed by atoms with Gasteiger partial charge in [-0.3, -0.25) is 9.35 Å². The topological polar surface area (TPSA) is 65.2 Å². The third kappa shape index (κ3) is 3.53. The molecule has 1 heterocycles. The molecular weight excluding hydrogens is 224 g/mol. The third-order valence-corrected chi connectivity index (χ3v) is 2.31.